The summed E-state index contributed by atoms with van der Waals surface area (Å²) < 4.78 is 36.1. The van der Waals surface area contributed by atoms with Crippen molar-refractivity contribution >= 4 is 31.9 Å². The number of aryl methyl sites for hydroxylation is 1. The second-order valence-electron chi connectivity index (χ2n) is 5.56. The van der Waals surface area contributed by atoms with E-state index < -0.39 is 10.0 Å². The van der Waals surface area contributed by atoms with E-state index in [1.807, 2.05) is 31.2 Å². The summed E-state index contributed by atoms with van der Waals surface area (Å²) in [6, 6.07) is 22.7. The molecule has 0 atom stereocenters. The van der Waals surface area contributed by atoms with Gasteiger partial charge in [0.25, 0.3) is 10.0 Å². The molecule has 0 saturated heterocycles. The zero-order valence-electron chi connectivity index (χ0n) is 14.0. The Morgan fingerprint density at radius 2 is 1.50 bits per heavy atom. The lowest BCUT2D eigenvalue weighted by Gasteiger charge is -2.11. The van der Waals surface area contributed by atoms with E-state index in [1.54, 1.807) is 42.5 Å². The summed E-state index contributed by atoms with van der Waals surface area (Å²) in [5.41, 5.74) is 1.47. The predicted octanol–water partition coefficient (Wildman–Crippen LogP) is 4.97. The fourth-order valence-corrected chi connectivity index (χ4v) is 3.47. The number of halogens is 1. The van der Waals surface area contributed by atoms with E-state index in [0.29, 0.717) is 11.3 Å². The Morgan fingerprint density at radius 3 is 2.15 bits per heavy atom. The van der Waals surface area contributed by atoms with E-state index in [2.05, 4.69) is 20.3 Å². The largest absolute Gasteiger partial charge is 0.437 e. The van der Waals surface area contributed by atoms with Gasteiger partial charge in [-0.05, 0) is 55.0 Å². The molecule has 0 heterocycles. The van der Waals surface area contributed by atoms with Gasteiger partial charge in [0.15, 0.2) is 0 Å². The van der Waals surface area contributed by atoms with E-state index in [0.717, 1.165) is 10.0 Å². The maximum atomic E-state index is 12.7. The van der Waals surface area contributed by atoms with E-state index in [4.69, 9.17) is 4.74 Å². The van der Waals surface area contributed by atoms with Gasteiger partial charge in [-0.15, -0.1) is 4.40 Å². The predicted molar refractivity (Wildman–Crippen MR) is 106 cm³/mol. The summed E-state index contributed by atoms with van der Waals surface area (Å²) in [6.45, 7) is 1.89. The molecule has 0 amide bonds. The molecule has 0 unspecified atom stereocenters. The topological polar surface area (TPSA) is 55.7 Å². The van der Waals surface area contributed by atoms with Crippen molar-refractivity contribution in [2.24, 2.45) is 4.40 Å². The number of rotatable bonds is 4. The SMILES string of the molecule is Cc1ccccc1OC(=NS(=O)(=O)c1ccc(Br)cc1)c1ccccc1. The van der Waals surface area contributed by atoms with Crippen molar-refractivity contribution in [2.45, 2.75) is 11.8 Å². The van der Waals surface area contributed by atoms with Crippen LogP contribution in [0.25, 0.3) is 0 Å². The van der Waals surface area contributed by atoms with Gasteiger partial charge in [0.1, 0.15) is 5.75 Å². The summed E-state index contributed by atoms with van der Waals surface area (Å²) in [6.07, 6.45) is 0. The number of benzene rings is 3. The first-order valence-corrected chi connectivity index (χ1v) is 10.1. The second kappa shape index (κ2) is 7.85. The molecule has 3 aromatic carbocycles. The maximum Gasteiger partial charge on any atom is 0.285 e. The Hall–Kier alpha value is -2.44. The minimum atomic E-state index is -3.92. The van der Waals surface area contributed by atoms with Crippen LogP contribution in [0.3, 0.4) is 0 Å². The molecule has 4 nitrogen and oxygen atoms in total. The first-order valence-electron chi connectivity index (χ1n) is 7.85. The molecule has 0 fully saturated rings. The van der Waals surface area contributed by atoms with Crippen LogP contribution in [0.1, 0.15) is 11.1 Å². The first-order chi connectivity index (χ1) is 12.5. The standard InChI is InChI=1S/C20H16BrNO3S/c1-15-7-5-6-10-19(15)25-20(16-8-3-2-4-9-16)22-26(23,24)18-13-11-17(21)12-14-18/h2-14H,1H3. The van der Waals surface area contributed by atoms with Crippen molar-refractivity contribution in [1.29, 1.82) is 0 Å². The van der Waals surface area contributed by atoms with Crippen LogP contribution in [-0.4, -0.2) is 14.3 Å². The highest BCUT2D eigenvalue weighted by Crippen LogP contribution is 2.21. The third-order valence-corrected chi connectivity index (χ3v) is 5.44. The molecule has 6 heteroatoms. The molecule has 0 radical (unpaired) electrons. The molecular weight excluding hydrogens is 414 g/mol. The molecule has 3 aromatic rings. The highest BCUT2D eigenvalue weighted by Gasteiger charge is 2.17. The Labute approximate surface area is 161 Å². The van der Waals surface area contributed by atoms with Crippen LogP contribution >= 0.6 is 15.9 Å². The molecule has 132 valence electrons. The molecule has 0 bridgehead atoms. The average molecular weight is 430 g/mol. The monoisotopic (exact) mass is 429 g/mol. The fourth-order valence-electron chi connectivity index (χ4n) is 2.25. The van der Waals surface area contributed by atoms with Crippen LogP contribution in [-0.2, 0) is 10.0 Å². The molecule has 0 spiro atoms. The quantitative estimate of drug-likeness (QED) is 0.434. The van der Waals surface area contributed by atoms with Crippen molar-refractivity contribution in [3.05, 3.63) is 94.5 Å². The van der Waals surface area contributed by atoms with Gasteiger partial charge in [-0.3, -0.25) is 0 Å². The van der Waals surface area contributed by atoms with Crippen molar-refractivity contribution in [2.75, 3.05) is 0 Å². The smallest absolute Gasteiger partial charge is 0.285 e. The first kappa shape index (κ1) is 18.4. The number of nitrogens with zero attached hydrogens (tertiary/aromatic N) is 1. The summed E-state index contributed by atoms with van der Waals surface area (Å²) in [4.78, 5) is 0.0996. The molecule has 0 aromatic heterocycles. The third-order valence-electron chi connectivity index (χ3n) is 3.64. The highest BCUT2D eigenvalue weighted by atomic mass is 79.9. The van der Waals surface area contributed by atoms with Crippen molar-refractivity contribution in [1.82, 2.24) is 0 Å². The summed E-state index contributed by atoms with van der Waals surface area (Å²) in [5.74, 6) is 0.587. The van der Waals surface area contributed by atoms with Gasteiger partial charge in [0.2, 0.25) is 5.90 Å². The van der Waals surface area contributed by atoms with Crippen LogP contribution in [0.5, 0.6) is 5.75 Å². The lowest BCUT2D eigenvalue weighted by molar-refractivity contribution is 0.546. The number of ether oxygens (including phenoxy) is 1. The van der Waals surface area contributed by atoms with Crippen LogP contribution in [0, 0.1) is 6.92 Å². The maximum absolute atomic E-state index is 12.7. The third kappa shape index (κ3) is 4.39. The number of hydrogen-bond acceptors (Lipinski definition) is 3. The average Bonchev–Trinajstić information content (AvgIpc) is 2.64. The van der Waals surface area contributed by atoms with Crippen LogP contribution in [0.4, 0.5) is 0 Å². The molecule has 0 N–H and O–H groups in total. The van der Waals surface area contributed by atoms with Gasteiger partial charge in [-0.2, -0.15) is 8.42 Å². The zero-order valence-corrected chi connectivity index (χ0v) is 16.4. The van der Waals surface area contributed by atoms with Gasteiger partial charge in [0.05, 0.1) is 4.90 Å². The van der Waals surface area contributed by atoms with Crippen molar-refractivity contribution in [3.63, 3.8) is 0 Å². The Bertz CT molecular complexity index is 1030. The van der Waals surface area contributed by atoms with E-state index in [1.165, 1.54) is 12.1 Å². The Balaban J connectivity index is 2.07. The number of sulfonamides is 1. The zero-order chi connectivity index (χ0) is 18.6. The molecule has 0 aliphatic heterocycles. The fraction of sp³-hybridized carbons (Fsp3) is 0.0500. The summed E-state index contributed by atoms with van der Waals surface area (Å²) in [5, 5.41) is 0. The molecular formula is C20H16BrNO3S. The number of hydrogen-bond donors (Lipinski definition) is 0. The van der Waals surface area contributed by atoms with Gasteiger partial charge in [0, 0.05) is 10.0 Å². The van der Waals surface area contributed by atoms with Gasteiger partial charge in [-0.25, -0.2) is 0 Å². The minimum Gasteiger partial charge on any atom is -0.437 e. The molecule has 26 heavy (non-hydrogen) atoms. The highest BCUT2D eigenvalue weighted by molar-refractivity contribution is 9.10. The lowest BCUT2D eigenvalue weighted by Crippen LogP contribution is -2.14. The summed E-state index contributed by atoms with van der Waals surface area (Å²) >= 11 is 3.30. The summed E-state index contributed by atoms with van der Waals surface area (Å²) in [7, 11) is -3.92. The number of para-hydroxylation sites is 1. The molecule has 0 saturated carbocycles. The Morgan fingerprint density at radius 1 is 0.885 bits per heavy atom. The van der Waals surface area contributed by atoms with Crippen LogP contribution in [0.2, 0.25) is 0 Å². The van der Waals surface area contributed by atoms with Crippen molar-refractivity contribution in [3.8, 4) is 5.75 Å². The van der Waals surface area contributed by atoms with Gasteiger partial charge >= 0.3 is 0 Å². The van der Waals surface area contributed by atoms with Crippen molar-refractivity contribution < 1.29 is 13.2 Å². The molecule has 0 aliphatic rings. The van der Waals surface area contributed by atoms with Gasteiger partial charge < -0.3 is 4.74 Å². The minimum absolute atomic E-state index is 0.0304. The van der Waals surface area contributed by atoms with Crippen LogP contribution in [0.15, 0.2) is 92.6 Å². The Kier molecular flexibility index (Phi) is 5.54. The second-order valence-corrected chi connectivity index (χ2v) is 8.08. The normalized spacial score (nSPS) is 12.0. The van der Waals surface area contributed by atoms with Gasteiger partial charge in [-0.1, -0.05) is 52.3 Å². The molecule has 3 rings (SSSR count). The van der Waals surface area contributed by atoms with E-state index in [9.17, 15) is 8.42 Å². The lowest BCUT2D eigenvalue weighted by atomic mass is 10.2. The van der Waals surface area contributed by atoms with Crippen LogP contribution < -0.4 is 4.74 Å². The van der Waals surface area contributed by atoms with E-state index in [-0.39, 0.29) is 10.8 Å². The molecule has 0 aliphatic carbocycles. The van der Waals surface area contributed by atoms with E-state index >= 15 is 0 Å².